The number of rotatable bonds is 4. The molecule has 0 N–H and O–H groups in total. The lowest BCUT2D eigenvalue weighted by Gasteiger charge is -2.39. The van der Waals surface area contributed by atoms with Crippen LogP contribution in [0.25, 0.3) is 0 Å². The van der Waals surface area contributed by atoms with Crippen molar-refractivity contribution >= 4 is 5.91 Å². The molecule has 0 unspecified atom stereocenters. The Labute approximate surface area is 167 Å². The Balaban J connectivity index is 1.57. The number of halogens is 1. The van der Waals surface area contributed by atoms with Gasteiger partial charge in [-0.2, -0.15) is 0 Å². The number of benzene rings is 2. The maximum Gasteiger partial charge on any atom is 0.222 e. The van der Waals surface area contributed by atoms with Crippen molar-refractivity contribution in [2.75, 3.05) is 19.6 Å². The predicted molar refractivity (Wildman–Crippen MR) is 109 cm³/mol. The standard InChI is InChI=1S/C24H29FN2O/c1-3-24(28)27-16-21(18-8-10-20(25)11-9-18)22-15-26(13-12-23(22)27)14-19-7-5-4-6-17(19)2/h4-11,21-23H,3,12-16H2,1-2H3/t21-,22-,23-/m1/s1. The SMILES string of the molecule is CCC(=O)N1C[C@H](c2ccc(F)cc2)[C@H]2CN(Cc3ccccc3C)CC[C@H]21. The maximum absolute atomic E-state index is 13.4. The summed E-state index contributed by atoms with van der Waals surface area (Å²) in [5.74, 6) is 0.719. The average molecular weight is 381 g/mol. The lowest BCUT2D eigenvalue weighted by atomic mass is 9.81. The molecule has 0 spiro atoms. The minimum atomic E-state index is -0.204. The Morgan fingerprint density at radius 3 is 2.57 bits per heavy atom. The van der Waals surface area contributed by atoms with Gasteiger partial charge in [0, 0.05) is 50.5 Å². The van der Waals surface area contributed by atoms with E-state index in [9.17, 15) is 9.18 Å². The van der Waals surface area contributed by atoms with Crippen molar-refractivity contribution in [3.63, 3.8) is 0 Å². The topological polar surface area (TPSA) is 23.6 Å². The van der Waals surface area contributed by atoms with E-state index in [1.54, 1.807) is 12.1 Å². The zero-order chi connectivity index (χ0) is 19.7. The molecule has 0 bridgehead atoms. The third kappa shape index (κ3) is 3.70. The van der Waals surface area contributed by atoms with Crippen LogP contribution in [-0.2, 0) is 11.3 Å². The molecule has 0 aromatic heterocycles. The van der Waals surface area contributed by atoms with E-state index < -0.39 is 0 Å². The Morgan fingerprint density at radius 2 is 1.86 bits per heavy atom. The first-order valence-corrected chi connectivity index (χ1v) is 10.4. The fraction of sp³-hybridized carbons (Fsp3) is 0.458. The highest BCUT2D eigenvalue weighted by Crippen LogP contribution is 2.42. The molecule has 2 aromatic carbocycles. The van der Waals surface area contributed by atoms with E-state index in [0.29, 0.717) is 18.4 Å². The van der Waals surface area contributed by atoms with Crippen molar-refractivity contribution in [1.29, 1.82) is 0 Å². The molecule has 2 heterocycles. The second kappa shape index (κ2) is 8.04. The normalized spacial score (nSPS) is 25.0. The van der Waals surface area contributed by atoms with Crippen molar-refractivity contribution in [1.82, 2.24) is 9.80 Å². The number of hydrogen-bond acceptors (Lipinski definition) is 2. The van der Waals surface area contributed by atoms with Crippen LogP contribution in [0.2, 0.25) is 0 Å². The summed E-state index contributed by atoms with van der Waals surface area (Å²) in [6.07, 6.45) is 1.56. The van der Waals surface area contributed by atoms with Gasteiger partial charge in [-0.25, -0.2) is 4.39 Å². The fourth-order valence-electron chi connectivity index (χ4n) is 5.03. The van der Waals surface area contributed by atoms with E-state index in [2.05, 4.69) is 41.0 Å². The predicted octanol–water partition coefficient (Wildman–Crippen LogP) is 4.36. The van der Waals surface area contributed by atoms with Gasteiger partial charge >= 0.3 is 0 Å². The van der Waals surface area contributed by atoms with Crippen LogP contribution in [0.1, 0.15) is 42.4 Å². The Morgan fingerprint density at radius 1 is 1.11 bits per heavy atom. The molecule has 0 aliphatic carbocycles. The first-order valence-electron chi connectivity index (χ1n) is 10.4. The molecule has 2 aliphatic heterocycles. The number of amides is 1. The fourth-order valence-corrected chi connectivity index (χ4v) is 5.03. The monoisotopic (exact) mass is 380 g/mol. The number of hydrogen-bond donors (Lipinski definition) is 0. The van der Waals surface area contributed by atoms with Crippen LogP contribution in [0, 0.1) is 18.7 Å². The van der Waals surface area contributed by atoms with Crippen LogP contribution in [-0.4, -0.2) is 41.4 Å². The molecular formula is C24H29FN2O. The third-order valence-electron chi connectivity index (χ3n) is 6.59. The smallest absolute Gasteiger partial charge is 0.222 e. The minimum absolute atomic E-state index is 0.204. The van der Waals surface area contributed by atoms with Crippen molar-refractivity contribution < 1.29 is 9.18 Å². The Bertz CT molecular complexity index is 835. The molecule has 4 rings (SSSR count). The molecule has 2 aliphatic rings. The molecule has 28 heavy (non-hydrogen) atoms. The molecule has 4 heteroatoms. The molecule has 1 amide bonds. The highest BCUT2D eigenvalue weighted by Gasteiger charge is 2.46. The van der Waals surface area contributed by atoms with E-state index in [4.69, 9.17) is 0 Å². The van der Waals surface area contributed by atoms with Crippen molar-refractivity contribution in [3.05, 3.63) is 71.0 Å². The zero-order valence-electron chi connectivity index (χ0n) is 16.8. The minimum Gasteiger partial charge on any atom is -0.339 e. The second-order valence-corrected chi connectivity index (χ2v) is 8.24. The summed E-state index contributed by atoms with van der Waals surface area (Å²) in [4.78, 5) is 17.2. The second-order valence-electron chi connectivity index (χ2n) is 8.24. The van der Waals surface area contributed by atoms with Crippen molar-refractivity contribution in [2.45, 2.75) is 45.2 Å². The third-order valence-corrected chi connectivity index (χ3v) is 6.59. The van der Waals surface area contributed by atoms with Crippen LogP contribution in [0.4, 0.5) is 4.39 Å². The number of nitrogens with zero attached hydrogens (tertiary/aromatic N) is 2. The van der Waals surface area contributed by atoms with Crippen LogP contribution >= 0.6 is 0 Å². The average Bonchev–Trinajstić information content (AvgIpc) is 3.09. The summed E-state index contributed by atoms with van der Waals surface area (Å²) in [6, 6.07) is 15.8. The first kappa shape index (κ1) is 19.1. The van der Waals surface area contributed by atoms with Gasteiger partial charge in [-0.1, -0.05) is 43.3 Å². The van der Waals surface area contributed by atoms with Crippen molar-refractivity contribution in [2.24, 2.45) is 5.92 Å². The van der Waals surface area contributed by atoms with E-state index in [1.807, 2.05) is 19.1 Å². The zero-order valence-corrected chi connectivity index (χ0v) is 16.8. The van der Waals surface area contributed by atoms with Crippen LogP contribution in [0.3, 0.4) is 0 Å². The number of fused-ring (bicyclic) bond motifs is 1. The van der Waals surface area contributed by atoms with Gasteiger partial charge in [0.15, 0.2) is 0 Å². The van der Waals surface area contributed by atoms with E-state index >= 15 is 0 Å². The van der Waals surface area contributed by atoms with Gasteiger partial charge in [0.1, 0.15) is 5.82 Å². The lowest BCUT2D eigenvalue weighted by Crippen LogP contribution is -2.47. The van der Waals surface area contributed by atoms with Gasteiger partial charge in [-0.3, -0.25) is 9.69 Å². The van der Waals surface area contributed by atoms with Gasteiger partial charge in [0.25, 0.3) is 0 Å². The van der Waals surface area contributed by atoms with Gasteiger partial charge in [0.05, 0.1) is 0 Å². The molecule has 2 aromatic rings. The molecular weight excluding hydrogens is 351 g/mol. The molecule has 148 valence electrons. The van der Waals surface area contributed by atoms with E-state index in [-0.39, 0.29) is 17.6 Å². The largest absolute Gasteiger partial charge is 0.339 e. The van der Waals surface area contributed by atoms with Crippen molar-refractivity contribution in [3.8, 4) is 0 Å². The highest BCUT2D eigenvalue weighted by molar-refractivity contribution is 5.76. The summed E-state index contributed by atoms with van der Waals surface area (Å²) in [6.45, 7) is 7.81. The molecule has 3 atom stereocenters. The van der Waals surface area contributed by atoms with Crippen LogP contribution in [0.5, 0.6) is 0 Å². The van der Waals surface area contributed by atoms with E-state index in [1.165, 1.54) is 11.1 Å². The van der Waals surface area contributed by atoms with Gasteiger partial charge < -0.3 is 4.90 Å². The Hall–Kier alpha value is -2.20. The van der Waals surface area contributed by atoms with Gasteiger partial charge in [0.2, 0.25) is 5.91 Å². The lowest BCUT2D eigenvalue weighted by molar-refractivity contribution is -0.132. The van der Waals surface area contributed by atoms with Gasteiger partial charge in [-0.15, -0.1) is 0 Å². The summed E-state index contributed by atoms with van der Waals surface area (Å²) in [7, 11) is 0. The summed E-state index contributed by atoms with van der Waals surface area (Å²) >= 11 is 0. The molecule has 0 saturated carbocycles. The van der Waals surface area contributed by atoms with Crippen LogP contribution in [0.15, 0.2) is 48.5 Å². The van der Waals surface area contributed by atoms with Gasteiger partial charge in [-0.05, 0) is 42.2 Å². The summed E-state index contributed by atoms with van der Waals surface area (Å²) in [5, 5.41) is 0. The quantitative estimate of drug-likeness (QED) is 0.787. The molecule has 3 nitrogen and oxygen atoms in total. The molecule has 2 saturated heterocycles. The molecule has 2 fully saturated rings. The maximum atomic E-state index is 13.4. The number of aryl methyl sites for hydroxylation is 1. The number of carbonyl (C=O) groups excluding carboxylic acids is 1. The summed E-state index contributed by atoms with van der Waals surface area (Å²) in [5.41, 5.74) is 3.85. The highest BCUT2D eigenvalue weighted by atomic mass is 19.1. The van der Waals surface area contributed by atoms with Crippen LogP contribution < -0.4 is 0 Å². The first-order chi connectivity index (χ1) is 13.6. The number of carbonyl (C=O) groups is 1. The Kier molecular flexibility index (Phi) is 5.49. The molecule has 0 radical (unpaired) electrons. The number of likely N-dealkylation sites (tertiary alicyclic amines) is 2. The number of piperidine rings is 1. The van der Waals surface area contributed by atoms with E-state index in [0.717, 1.165) is 38.2 Å². The summed E-state index contributed by atoms with van der Waals surface area (Å²) < 4.78 is 13.4.